The molecule has 0 aromatic heterocycles. The Kier molecular flexibility index (Phi) is 4.04. The van der Waals surface area contributed by atoms with Gasteiger partial charge in [-0.25, -0.2) is 4.39 Å². The summed E-state index contributed by atoms with van der Waals surface area (Å²) in [5.74, 6) is -0.960. The molecule has 0 saturated carbocycles. The summed E-state index contributed by atoms with van der Waals surface area (Å²) in [6.07, 6.45) is 1.59. The summed E-state index contributed by atoms with van der Waals surface area (Å²) in [7, 11) is 0. The van der Waals surface area contributed by atoms with Crippen molar-refractivity contribution in [1.82, 2.24) is 0 Å². The molecule has 1 heterocycles. The highest BCUT2D eigenvalue weighted by molar-refractivity contribution is 5.77. The van der Waals surface area contributed by atoms with Gasteiger partial charge in [-0.15, -0.1) is 0 Å². The Labute approximate surface area is 112 Å². The van der Waals surface area contributed by atoms with Crippen molar-refractivity contribution < 1.29 is 14.3 Å². The topological polar surface area (TPSA) is 66.6 Å². The maximum Gasteiger partial charge on any atom is 0.222 e. The van der Waals surface area contributed by atoms with Crippen LogP contribution < -0.4 is 10.6 Å². The summed E-state index contributed by atoms with van der Waals surface area (Å²) >= 11 is 0. The molecule has 4 nitrogen and oxygen atoms in total. The predicted molar refractivity (Wildman–Crippen MR) is 71.0 cm³/mol. The van der Waals surface area contributed by atoms with Crippen LogP contribution in [-0.2, 0) is 11.4 Å². The molecule has 1 saturated heterocycles. The van der Waals surface area contributed by atoms with E-state index in [4.69, 9.17) is 5.73 Å². The fourth-order valence-corrected chi connectivity index (χ4v) is 2.65. The second-order valence-corrected chi connectivity index (χ2v) is 5.07. The average Bonchev–Trinajstić information content (AvgIpc) is 2.38. The van der Waals surface area contributed by atoms with E-state index in [2.05, 4.69) is 0 Å². The van der Waals surface area contributed by atoms with Crippen LogP contribution in [0.25, 0.3) is 0 Å². The van der Waals surface area contributed by atoms with Gasteiger partial charge in [0.1, 0.15) is 5.82 Å². The Bertz CT molecular complexity index is 479. The van der Waals surface area contributed by atoms with Crippen LogP contribution in [0.2, 0.25) is 0 Å². The molecule has 19 heavy (non-hydrogen) atoms. The van der Waals surface area contributed by atoms with Crippen molar-refractivity contribution in [3.8, 4) is 0 Å². The van der Waals surface area contributed by atoms with Crippen LogP contribution in [0.15, 0.2) is 18.2 Å². The van der Waals surface area contributed by atoms with E-state index in [1.54, 1.807) is 12.1 Å². The number of hydrogen-bond acceptors (Lipinski definition) is 3. The van der Waals surface area contributed by atoms with Crippen LogP contribution in [0.5, 0.6) is 0 Å². The molecule has 1 aromatic carbocycles. The molecule has 0 radical (unpaired) electrons. The summed E-state index contributed by atoms with van der Waals surface area (Å²) in [5.41, 5.74) is 6.30. The molecule has 3 N–H and O–H groups in total. The molecule has 2 rings (SSSR count). The average molecular weight is 266 g/mol. The summed E-state index contributed by atoms with van der Waals surface area (Å²) in [5, 5.41) is 9.33. The number of piperidine rings is 1. The molecule has 2 unspecified atom stereocenters. The van der Waals surface area contributed by atoms with E-state index in [9.17, 15) is 14.3 Å². The molecule has 1 aliphatic rings. The molecule has 0 spiro atoms. The first kappa shape index (κ1) is 13.8. The minimum atomic E-state index is -0.423. The Balaban J connectivity index is 2.33. The van der Waals surface area contributed by atoms with Gasteiger partial charge in [-0.1, -0.05) is 6.07 Å². The van der Waals surface area contributed by atoms with Crippen LogP contribution in [0.3, 0.4) is 0 Å². The van der Waals surface area contributed by atoms with E-state index in [0.29, 0.717) is 12.2 Å². The summed E-state index contributed by atoms with van der Waals surface area (Å²) in [6, 6.07) is 4.91. The van der Waals surface area contributed by atoms with Gasteiger partial charge in [0.25, 0.3) is 0 Å². The van der Waals surface area contributed by atoms with Crippen molar-refractivity contribution in [2.24, 2.45) is 11.7 Å². The minimum absolute atomic E-state index is 0.197. The van der Waals surface area contributed by atoms with E-state index >= 15 is 0 Å². The van der Waals surface area contributed by atoms with E-state index in [-0.39, 0.29) is 30.0 Å². The number of aliphatic hydroxyl groups excluding tert-OH is 1. The van der Waals surface area contributed by atoms with E-state index in [1.165, 1.54) is 6.07 Å². The number of primary amides is 1. The first-order valence-corrected chi connectivity index (χ1v) is 6.48. The van der Waals surface area contributed by atoms with Crippen molar-refractivity contribution >= 4 is 11.6 Å². The Morgan fingerprint density at radius 3 is 2.89 bits per heavy atom. The Hall–Kier alpha value is -1.62. The SMILES string of the molecule is CC1CCC(C(N)=O)CN1c1cccc(F)c1CO. The lowest BCUT2D eigenvalue weighted by Gasteiger charge is -2.39. The normalized spacial score (nSPS) is 23.4. The number of carbonyl (C=O) groups is 1. The molecule has 0 bridgehead atoms. The van der Waals surface area contributed by atoms with Crippen LogP contribution >= 0.6 is 0 Å². The Morgan fingerprint density at radius 1 is 1.53 bits per heavy atom. The highest BCUT2D eigenvalue weighted by Crippen LogP contribution is 2.31. The lowest BCUT2D eigenvalue weighted by Crippen LogP contribution is -2.46. The third kappa shape index (κ3) is 2.71. The van der Waals surface area contributed by atoms with Gasteiger partial charge in [0.2, 0.25) is 5.91 Å². The zero-order valence-electron chi connectivity index (χ0n) is 11.0. The number of hydrogen-bond donors (Lipinski definition) is 2. The maximum atomic E-state index is 13.7. The number of amides is 1. The number of aliphatic hydroxyl groups is 1. The van der Waals surface area contributed by atoms with Gasteiger partial charge in [0.15, 0.2) is 0 Å². The number of rotatable bonds is 3. The molecular weight excluding hydrogens is 247 g/mol. The fraction of sp³-hybridized carbons (Fsp3) is 0.500. The van der Waals surface area contributed by atoms with Crippen molar-refractivity contribution in [2.75, 3.05) is 11.4 Å². The van der Waals surface area contributed by atoms with Gasteiger partial charge >= 0.3 is 0 Å². The van der Waals surface area contributed by atoms with Gasteiger partial charge in [-0.2, -0.15) is 0 Å². The standard InChI is InChI=1S/C14H19FN2O2/c1-9-5-6-10(14(16)19)7-17(9)13-4-2-3-12(15)11(13)8-18/h2-4,9-10,18H,5-8H2,1H3,(H2,16,19). The number of halogens is 1. The summed E-state index contributed by atoms with van der Waals surface area (Å²) in [4.78, 5) is 13.3. The smallest absolute Gasteiger partial charge is 0.222 e. The summed E-state index contributed by atoms with van der Waals surface area (Å²) < 4.78 is 13.7. The molecule has 5 heteroatoms. The number of benzene rings is 1. The third-order valence-corrected chi connectivity index (χ3v) is 3.85. The summed E-state index contributed by atoms with van der Waals surface area (Å²) in [6.45, 7) is 2.16. The second-order valence-electron chi connectivity index (χ2n) is 5.07. The Morgan fingerprint density at radius 2 is 2.26 bits per heavy atom. The van der Waals surface area contributed by atoms with E-state index in [1.807, 2.05) is 11.8 Å². The van der Waals surface area contributed by atoms with Crippen molar-refractivity contribution in [3.63, 3.8) is 0 Å². The highest BCUT2D eigenvalue weighted by Gasteiger charge is 2.30. The zero-order valence-corrected chi connectivity index (χ0v) is 11.0. The molecule has 1 aliphatic heterocycles. The zero-order chi connectivity index (χ0) is 14.0. The van der Waals surface area contributed by atoms with Gasteiger partial charge in [0.05, 0.1) is 12.5 Å². The van der Waals surface area contributed by atoms with Gasteiger partial charge in [-0.3, -0.25) is 4.79 Å². The predicted octanol–water partition coefficient (Wildman–Crippen LogP) is 1.41. The molecule has 1 aromatic rings. The van der Waals surface area contributed by atoms with Crippen LogP contribution in [0.4, 0.5) is 10.1 Å². The van der Waals surface area contributed by atoms with Gasteiger partial charge < -0.3 is 15.7 Å². The first-order valence-electron chi connectivity index (χ1n) is 6.48. The molecule has 104 valence electrons. The van der Waals surface area contributed by atoms with E-state index in [0.717, 1.165) is 12.8 Å². The number of carbonyl (C=O) groups excluding carboxylic acids is 1. The van der Waals surface area contributed by atoms with Crippen LogP contribution in [0.1, 0.15) is 25.3 Å². The molecule has 1 amide bonds. The quantitative estimate of drug-likeness (QED) is 0.869. The fourth-order valence-electron chi connectivity index (χ4n) is 2.65. The van der Waals surface area contributed by atoms with Gasteiger partial charge in [-0.05, 0) is 31.9 Å². The lowest BCUT2D eigenvalue weighted by molar-refractivity contribution is -0.122. The molecule has 0 aliphatic carbocycles. The van der Waals surface area contributed by atoms with Crippen LogP contribution in [0, 0.1) is 11.7 Å². The van der Waals surface area contributed by atoms with Crippen molar-refractivity contribution in [1.29, 1.82) is 0 Å². The molecule has 2 atom stereocenters. The number of nitrogens with zero attached hydrogens (tertiary/aromatic N) is 1. The largest absolute Gasteiger partial charge is 0.391 e. The number of anilines is 1. The molecular formula is C14H19FN2O2. The lowest BCUT2D eigenvalue weighted by atomic mass is 9.92. The molecule has 1 fully saturated rings. The first-order chi connectivity index (χ1) is 9.04. The minimum Gasteiger partial charge on any atom is -0.391 e. The van der Waals surface area contributed by atoms with Crippen molar-refractivity contribution in [3.05, 3.63) is 29.6 Å². The third-order valence-electron chi connectivity index (χ3n) is 3.85. The maximum absolute atomic E-state index is 13.7. The second kappa shape index (κ2) is 5.57. The van der Waals surface area contributed by atoms with Crippen molar-refractivity contribution in [2.45, 2.75) is 32.4 Å². The van der Waals surface area contributed by atoms with Crippen LogP contribution in [-0.4, -0.2) is 23.6 Å². The monoisotopic (exact) mass is 266 g/mol. The highest BCUT2D eigenvalue weighted by atomic mass is 19.1. The number of nitrogens with two attached hydrogens (primary N) is 1. The van der Waals surface area contributed by atoms with Gasteiger partial charge in [0, 0.05) is 23.8 Å². The van der Waals surface area contributed by atoms with E-state index < -0.39 is 5.82 Å².